The van der Waals surface area contributed by atoms with E-state index in [9.17, 15) is 24.3 Å². The summed E-state index contributed by atoms with van der Waals surface area (Å²) < 4.78 is 11.8. The Balaban J connectivity index is 1.04. The molecule has 3 amide bonds. The lowest BCUT2D eigenvalue weighted by atomic mass is 10.1. The zero-order valence-electron chi connectivity index (χ0n) is 28.7. The summed E-state index contributed by atoms with van der Waals surface area (Å²) in [5.74, 6) is 0.651. The van der Waals surface area contributed by atoms with Gasteiger partial charge in [-0.25, -0.2) is 0 Å². The fourth-order valence-corrected chi connectivity index (χ4v) is 5.14. The number of carbonyl (C=O) groups is 4. The second kappa shape index (κ2) is 16.1. The number of amides is 3. The van der Waals surface area contributed by atoms with Crippen molar-refractivity contribution in [1.29, 1.82) is 0 Å². The standard InChI is InChI=1S/C42H34N4O7/c1-26(47)27-5-3-6-28(23-27)41(50)45-33-13-22-39(48)38(25-33)46-42(51)30-8-4-7-29(24-30)40(49)44-32-11-16-35(17-12-32)53-37-20-18-36(19-21-37)52-34-14-9-31(43-2)10-15-34/h3-25,43,48H,1-2H3,(H,44,49)(H,45,50)(H,46,51). The van der Waals surface area contributed by atoms with E-state index in [-0.39, 0.29) is 33.9 Å². The number of anilines is 4. The number of phenols is 1. The molecule has 53 heavy (non-hydrogen) atoms. The number of ketones is 1. The molecular weight excluding hydrogens is 672 g/mol. The molecule has 0 unspecified atom stereocenters. The summed E-state index contributed by atoms with van der Waals surface area (Å²) in [6, 6.07) is 38.3. The first kappa shape index (κ1) is 35.4. The van der Waals surface area contributed by atoms with Crippen LogP contribution < -0.4 is 30.7 Å². The number of benzene rings is 6. The van der Waals surface area contributed by atoms with Crippen LogP contribution in [0.2, 0.25) is 0 Å². The number of Topliss-reactive ketones (excluding diaryl/α,β-unsaturated/α-hetero) is 1. The molecular formula is C42H34N4O7. The van der Waals surface area contributed by atoms with E-state index >= 15 is 0 Å². The predicted octanol–water partition coefficient (Wildman–Crippen LogP) is 8.98. The van der Waals surface area contributed by atoms with Crippen molar-refractivity contribution >= 4 is 46.3 Å². The number of rotatable bonds is 12. The van der Waals surface area contributed by atoms with Crippen molar-refractivity contribution in [2.45, 2.75) is 6.92 Å². The number of nitrogens with one attached hydrogen (secondary N) is 4. The minimum Gasteiger partial charge on any atom is -0.506 e. The fourth-order valence-electron chi connectivity index (χ4n) is 5.14. The lowest BCUT2D eigenvalue weighted by molar-refractivity contribution is 0.100. The first-order chi connectivity index (χ1) is 25.6. The zero-order valence-corrected chi connectivity index (χ0v) is 28.7. The van der Waals surface area contributed by atoms with Gasteiger partial charge in [-0.3, -0.25) is 19.2 Å². The van der Waals surface area contributed by atoms with Crippen molar-refractivity contribution in [3.63, 3.8) is 0 Å². The molecule has 0 atom stereocenters. The molecule has 11 nitrogen and oxygen atoms in total. The molecule has 0 spiro atoms. The quantitative estimate of drug-likeness (QED) is 0.0480. The van der Waals surface area contributed by atoms with E-state index in [1.807, 2.05) is 43.4 Å². The summed E-state index contributed by atoms with van der Waals surface area (Å²) in [4.78, 5) is 50.8. The van der Waals surface area contributed by atoms with Gasteiger partial charge in [0.15, 0.2) is 5.78 Å². The highest BCUT2D eigenvalue weighted by Crippen LogP contribution is 2.30. The van der Waals surface area contributed by atoms with E-state index in [1.54, 1.807) is 66.7 Å². The van der Waals surface area contributed by atoms with E-state index in [2.05, 4.69) is 21.3 Å². The van der Waals surface area contributed by atoms with Crippen LogP contribution in [0.1, 0.15) is 48.4 Å². The summed E-state index contributed by atoms with van der Waals surface area (Å²) in [6.45, 7) is 1.41. The highest BCUT2D eigenvalue weighted by Gasteiger charge is 2.15. The molecule has 0 aliphatic heterocycles. The Morgan fingerprint density at radius 3 is 1.36 bits per heavy atom. The van der Waals surface area contributed by atoms with E-state index in [0.29, 0.717) is 39.9 Å². The number of carbonyl (C=O) groups excluding carboxylic acids is 4. The normalized spacial score (nSPS) is 10.5. The third-order valence-electron chi connectivity index (χ3n) is 7.97. The summed E-state index contributed by atoms with van der Waals surface area (Å²) in [5.41, 5.74) is 2.92. The molecule has 6 aromatic rings. The molecule has 0 aliphatic carbocycles. The Bertz CT molecular complexity index is 2290. The number of phenolic OH excluding ortho intramolecular Hbond substituents is 1. The van der Waals surface area contributed by atoms with Gasteiger partial charge in [0, 0.05) is 46.4 Å². The maximum Gasteiger partial charge on any atom is 0.255 e. The Morgan fingerprint density at radius 2 is 0.868 bits per heavy atom. The van der Waals surface area contributed by atoms with Crippen LogP contribution in [0.3, 0.4) is 0 Å². The average molecular weight is 707 g/mol. The Labute approximate surface area is 305 Å². The van der Waals surface area contributed by atoms with Gasteiger partial charge < -0.3 is 35.8 Å². The molecule has 0 saturated heterocycles. The van der Waals surface area contributed by atoms with Crippen LogP contribution in [0.4, 0.5) is 22.7 Å². The molecule has 6 rings (SSSR count). The van der Waals surface area contributed by atoms with Crippen LogP contribution in [0.25, 0.3) is 0 Å². The van der Waals surface area contributed by atoms with Gasteiger partial charge in [0.2, 0.25) is 0 Å². The summed E-state index contributed by atoms with van der Waals surface area (Å²) in [5, 5.41) is 21.6. The van der Waals surface area contributed by atoms with Crippen LogP contribution in [0.15, 0.2) is 140 Å². The van der Waals surface area contributed by atoms with Gasteiger partial charge in [0.05, 0.1) is 5.69 Å². The maximum atomic E-state index is 13.2. The van der Waals surface area contributed by atoms with Crippen LogP contribution in [0, 0.1) is 0 Å². The zero-order chi connectivity index (χ0) is 37.3. The van der Waals surface area contributed by atoms with E-state index in [4.69, 9.17) is 9.47 Å². The average Bonchev–Trinajstić information content (AvgIpc) is 3.18. The minimum absolute atomic E-state index is 0.0438. The molecule has 0 aromatic heterocycles. The first-order valence-corrected chi connectivity index (χ1v) is 16.5. The third-order valence-corrected chi connectivity index (χ3v) is 7.97. The molecule has 6 aromatic carbocycles. The lowest BCUT2D eigenvalue weighted by Gasteiger charge is -2.12. The van der Waals surface area contributed by atoms with Gasteiger partial charge in [-0.2, -0.15) is 0 Å². The van der Waals surface area contributed by atoms with Gasteiger partial charge in [-0.1, -0.05) is 18.2 Å². The third kappa shape index (κ3) is 9.24. The molecule has 0 fully saturated rings. The number of hydrogen-bond donors (Lipinski definition) is 5. The van der Waals surface area contributed by atoms with E-state index < -0.39 is 17.7 Å². The SMILES string of the molecule is CNc1ccc(Oc2ccc(Oc3ccc(NC(=O)c4cccc(C(=O)Nc5cc(NC(=O)c6cccc(C(C)=O)c6)ccc5O)c4)cc3)cc2)cc1. The highest BCUT2D eigenvalue weighted by molar-refractivity contribution is 6.10. The van der Waals surface area contributed by atoms with Crippen molar-refractivity contribution in [1.82, 2.24) is 0 Å². The Hall–Kier alpha value is -7.40. The van der Waals surface area contributed by atoms with Crippen LogP contribution in [0.5, 0.6) is 28.7 Å². The summed E-state index contributed by atoms with van der Waals surface area (Å²) >= 11 is 0. The summed E-state index contributed by atoms with van der Waals surface area (Å²) in [7, 11) is 1.85. The number of hydrogen-bond acceptors (Lipinski definition) is 8. The van der Waals surface area contributed by atoms with Gasteiger partial charge >= 0.3 is 0 Å². The molecule has 264 valence electrons. The monoisotopic (exact) mass is 706 g/mol. The van der Waals surface area contributed by atoms with Gasteiger partial charge in [0.1, 0.15) is 28.7 Å². The van der Waals surface area contributed by atoms with Gasteiger partial charge in [-0.15, -0.1) is 0 Å². The second-order valence-corrected chi connectivity index (χ2v) is 11.8. The predicted molar refractivity (Wildman–Crippen MR) is 204 cm³/mol. The molecule has 0 aliphatic rings. The van der Waals surface area contributed by atoms with Crippen LogP contribution >= 0.6 is 0 Å². The molecule has 0 saturated carbocycles. The minimum atomic E-state index is -0.586. The number of aromatic hydroxyl groups is 1. The van der Waals surface area contributed by atoms with E-state index in [0.717, 1.165) is 5.69 Å². The topological polar surface area (TPSA) is 155 Å². The molecule has 0 heterocycles. The Morgan fingerprint density at radius 1 is 0.472 bits per heavy atom. The van der Waals surface area contributed by atoms with Gasteiger partial charge in [0.25, 0.3) is 17.7 Å². The lowest BCUT2D eigenvalue weighted by Crippen LogP contribution is -2.16. The van der Waals surface area contributed by atoms with Gasteiger partial charge in [-0.05, 0) is 128 Å². The van der Waals surface area contributed by atoms with Crippen LogP contribution in [-0.2, 0) is 0 Å². The molecule has 0 bridgehead atoms. The fraction of sp³-hybridized carbons (Fsp3) is 0.0476. The molecule has 5 N–H and O–H groups in total. The number of ether oxygens (including phenoxy) is 2. The largest absolute Gasteiger partial charge is 0.506 e. The van der Waals surface area contributed by atoms with Crippen molar-refractivity contribution < 1.29 is 33.8 Å². The molecule has 0 radical (unpaired) electrons. The summed E-state index contributed by atoms with van der Waals surface area (Å²) in [6.07, 6.45) is 0. The van der Waals surface area contributed by atoms with E-state index in [1.165, 1.54) is 43.3 Å². The highest BCUT2D eigenvalue weighted by atomic mass is 16.5. The van der Waals surface area contributed by atoms with Crippen molar-refractivity contribution in [2.75, 3.05) is 28.3 Å². The first-order valence-electron chi connectivity index (χ1n) is 16.5. The van der Waals surface area contributed by atoms with Crippen molar-refractivity contribution in [3.05, 3.63) is 162 Å². The smallest absolute Gasteiger partial charge is 0.255 e. The van der Waals surface area contributed by atoms with Crippen molar-refractivity contribution in [3.8, 4) is 28.7 Å². The van der Waals surface area contributed by atoms with Crippen molar-refractivity contribution in [2.24, 2.45) is 0 Å². The Kier molecular flexibility index (Phi) is 10.8. The molecule has 11 heteroatoms. The van der Waals surface area contributed by atoms with Crippen LogP contribution in [-0.4, -0.2) is 35.7 Å². The maximum absolute atomic E-state index is 13.2. The second-order valence-electron chi connectivity index (χ2n) is 11.8.